The Morgan fingerprint density at radius 2 is 1.89 bits per heavy atom. The van der Waals surface area contributed by atoms with Gasteiger partial charge < -0.3 is 5.11 Å². The molecule has 1 aromatic heterocycles. The molecule has 2 aromatic carbocycles. The van der Waals surface area contributed by atoms with E-state index in [1.807, 2.05) is 10.6 Å². The van der Waals surface area contributed by atoms with E-state index < -0.39 is 0 Å². The summed E-state index contributed by atoms with van der Waals surface area (Å²) in [6, 6.07) is 14.3. The van der Waals surface area contributed by atoms with Crippen molar-refractivity contribution in [1.29, 1.82) is 5.26 Å². The number of nitriles is 1. The minimum Gasteiger partial charge on any atom is -0.508 e. The minimum absolute atomic E-state index is 0.223. The third kappa shape index (κ3) is 1.59. The lowest BCUT2D eigenvalue weighted by Crippen LogP contribution is -1.91. The number of hydrogen-bond acceptors (Lipinski definition) is 3. The van der Waals surface area contributed by atoms with Gasteiger partial charge in [-0.25, -0.2) is 4.98 Å². The number of phenolic OH excluding ortho intramolecular Hbond substituents is 1. The number of nitrogens with zero attached hydrogens (tertiary/aromatic N) is 3. The summed E-state index contributed by atoms with van der Waals surface area (Å²) in [5.74, 6) is 0.223. The van der Waals surface area contributed by atoms with Crippen molar-refractivity contribution < 1.29 is 5.11 Å². The van der Waals surface area contributed by atoms with Crippen molar-refractivity contribution in [2.24, 2.45) is 0 Å². The first-order valence-corrected chi connectivity index (χ1v) is 5.44. The van der Waals surface area contributed by atoms with Crippen molar-refractivity contribution in [2.75, 3.05) is 0 Å². The van der Waals surface area contributed by atoms with E-state index in [1.165, 1.54) is 0 Å². The Labute approximate surface area is 103 Å². The minimum atomic E-state index is 0.223. The van der Waals surface area contributed by atoms with Crippen LogP contribution in [0.1, 0.15) is 5.56 Å². The molecular weight excluding hydrogens is 226 g/mol. The number of aromatic hydroxyl groups is 1. The molecule has 3 rings (SSSR count). The fraction of sp³-hybridized carbons (Fsp3) is 0. The predicted octanol–water partition coefficient (Wildman–Crippen LogP) is 2.60. The number of benzene rings is 2. The Morgan fingerprint density at radius 1 is 1.11 bits per heavy atom. The average molecular weight is 235 g/mol. The topological polar surface area (TPSA) is 61.8 Å². The second kappa shape index (κ2) is 3.90. The van der Waals surface area contributed by atoms with Crippen molar-refractivity contribution in [3.05, 3.63) is 54.4 Å². The molecule has 18 heavy (non-hydrogen) atoms. The summed E-state index contributed by atoms with van der Waals surface area (Å²) >= 11 is 0. The number of phenols is 1. The molecule has 0 unspecified atom stereocenters. The Bertz CT molecular complexity index is 751. The predicted molar refractivity (Wildman–Crippen MR) is 67.4 cm³/mol. The Kier molecular flexibility index (Phi) is 2.24. The Hall–Kier alpha value is -2.80. The molecule has 0 radical (unpaired) electrons. The molecule has 0 aliphatic heterocycles. The van der Waals surface area contributed by atoms with Gasteiger partial charge in [-0.15, -0.1) is 0 Å². The summed E-state index contributed by atoms with van der Waals surface area (Å²) < 4.78 is 1.88. The molecule has 0 saturated heterocycles. The maximum atomic E-state index is 9.28. The van der Waals surface area contributed by atoms with Gasteiger partial charge in [0.25, 0.3) is 0 Å². The van der Waals surface area contributed by atoms with E-state index in [1.54, 1.807) is 42.7 Å². The van der Waals surface area contributed by atoms with E-state index in [0.29, 0.717) is 5.56 Å². The SMILES string of the molecule is N#Cc1ccc2ncn(-c3ccc(O)cc3)c2c1. The molecule has 0 amide bonds. The summed E-state index contributed by atoms with van der Waals surface area (Å²) in [5, 5.41) is 18.2. The van der Waals surface area contributed by atoms with Crippen molar-refractivity contribution >= 4 is 11.0 Å². The second-order valence-electron chi connectivity index (χ2n) is 3.95. The van der Waals surface area contributed by atoms with Crippen LogP contribution in [0.2, 0.25) is 0 Å². The molecule has 4 nitrogen and oxygen atoms in total. The molecular formula is C14H9N3O. The van der Waals surface area contributed by atoms with E-state index in [-0.39, 0.29) is 5.75 Å². The maximum Gasteiger partial charge on any atom is 0.115 e. The van der Waals surface area contributed by atoms with Crippen molar-refractivity contribution in [3.63, 3.8) is 0 Å². The monoisotopic (exact) mass is 235 g/mol. The van der Waals surface area contributed by atoms with Crippen LogP contribution >= 0.6 is 0 Å². The first-order valence-electron chi connectivity index (χ1n) is 5.44. The van der Waals surface area contributed by atoms with E-state index in [0.717, 1.165) is 16.7 Å². The van der Waals surface area contributed by atoms with Gasteiger partial charge >= 0.3 is 0 Å². The summed E-state index contributed by atoms with van der Waals surface area (Å²) in [6.07, 6.45) is 1.71. The highest BCUT2D eigenvalue weighted by molar-refractivity contribution is 5.79. The van der Waals surface area contributed by atoms with Gasteiger partial charge in [-0.2, -0.15) is 5.26 Å². The highest BCUT2D eigenvalue weighted by Crippen LogP contribution is 2.20. The number of aromatic nitrogens is 2. The zero-order chi connectivity index (χ0) is 12.5. The van der Waals surface area contributed by atoms with Crippen LogP contribution in [0.4, 0.5) is 0 Å². The normalized spacial score (nSPS) is 10.4. The number of imidazole rings is 1. The Morgan fingerprint density at radius 3 is 2.61 bits per heavy atom. The smallest absolute Gasteiger partial charge is 0.115 e. The maximum absolute atomic E-state index is 9.28. The van der Waals surface area contributed by atoms with Gasteiger partial charge in [0, 0.05) is 5.69 Å². The molecule has 86 valence electrons. The molecule has 3 aromatic rings. The molecule has 0 bridgehead atoms. The molecule has 1 heterocycles. The first kappa shape index (κ1) is 10.4. The molecule has 0 saturated carbocycles. The van der Waals surface area contributed by atoms with Crippen molar-refractivity contribution in [2.45, 2.75) is 0 Å². The fourth-order valence-corrected chi connectivity index (χ4v) is 1.90. The summed E-state index contributed by atoms with van der Waals surface area (Å²) in [6.45, 7) is 0. The van der Waals surface area contributed by atoms with Gasteiger partial charge in [0.15, 0.2) is 0 Å². The highest BCUT2D eigenvalue weighted by atomic mass is 16.3. The first-order chi connectivity index (χ1) is 8.78. The van der Waals surface area contributed by atoms with Crippen LogP contribution in [0.25, 0.3) is 16.7 Å². The largest absolute Gasteiger partial charge is 0.508 e. The number of fused-ring (bicyclic) bond motifs is 1. The van der Waals surface area contributed by atoms with Gasteiger partial charge in [-0.3, -0.25) is 4.57 Å². The molecule has 0 aliphatic carbocycles. The molecule has 0 spiro atoms. The second-order valence-corrected chi connectivity index (χ2v) is 3.95. The van der Waals surface area contributed by atoms with E-state index in [2.05, 4.69) is 11.1 Å². The standard InChI is InChI=1S/C14H9N3O/c15-8-10-1-6-13-14(7-10)17(9-16-13)11-2-4-12(18)5-3-11/h1-7,9,18H. The number of rotatable bonds is 1. The van der Waals surface area contributed by atoms with E-state index in [9.17, 15) is 5.11 Å². The molecule has 0 aliphatic rings. The van der Waals surface area contributed by atoms with Gasteiger partial charge in [0.2, 0.25) is 0 Å². The molecule has 1 N–H and O–H groups in total. The van der Waals surface area contributed by atoms with Crippen LogP contribution in [0.3, 0.4) is 0 Å². The summed E-state index contributed by atoms with van der Waals surface area (Å²) in [7, 11) is 0. The lowest BCUT2D eigenvalue weighted by atomic mass is 10.2. The lowest BCUT2D eigenvalue weighted by molar-refractivity contribution is 0.475. The van der Waals surface area contributed by atoms with Gasteiger partial charge in [-0.05, 0) is 42.5 Å². The van der Waals surface area contributed by atoms with E-state index >= 15 is 0 Å². The average Bonchev–Trinajstić information content (AvgIpc) is 2.82. The fourth-order valence-electron chi connectivity index (χ4n) is 1.90. The van der Waals surface area contributed by atoms with Crippen LogP contribution in [0, 0.1) is 11.3 Å². The van der Waals surface area contributed by atoms with Gasteiger partial charge in [0.1, 0.15) is 12.1 Å². The van der Waals surface area contributed by atoms with Gasteiger partial charge in [-0.1, -0.05) is 0 Å². The third-order valence-electron chi connectivity index (χ3n) is 2.80. The van der Waals surface area contributed by atoms with Crippen LogP contribution < -0.4 is 0 Å². The van der Waals surface area contributed by atoms with Crippen molar-refractivity contribution in [3.8, 4) is 17.5 Å². The van der Waals surface area contributed by atoms with Gasteiger partial charge in [0.05, 0.1) is 22.7 Å². The van der Waals surface area contributed by atoms with Crippen LogP contribution in [-0.4, -0.2) is 14.7 Å². The molecule has 0 fully saturated rings. The summed E-state index contributed by atoms with van der Waals surface area (Å²) in [4.78, 5) is 4.28. The van der Waals surface area contributed by atoms with Crippen LogP contribution in [0.5, 0.6) is 5.75 Å². The lowest BCUT2D eigenvalue weighted by Gasteiger charge is -2.04. The van der Waals surface area contributed by atoms with Crippen LogP contribution in [-0.2, 0) is 0 Å². The van der Waals surface area contributed by atoms with Crippen LogP contribution in [0.15, 0.2) is 48.8 Å². The highest BCUT2D eigenvalue weighted by Gasteiger charge is 2.05. The molecule has 0 atom stereocenters. The summed E-state index contributed by atoms with van der Waals surface area (Å²) in [5.41, 5.74) is 3.20. The Balaban J connectivity index is 2.23. The quantitative estimate of drug-likeness (QED) is 0.705. The zero-order valence-corrected chi connectivity index (χ0v) is 9.41. The van der Waals surface area contributed by atoms with Crippen molar-refractivity contribution in [1.82, 2.24) is 9.55 Å². The van der Waals surface area contributed by atoms with E-state index in [4.69, 9.17) is 5.26 Å². The third-order valence-corrected chi connectivity index (χ3v) is 2.80. The number of hydrogen-bond donors (Lipinski definition) is 1. The molecule has 4 heteroatoms. The zero-order valence-electron chi connectivity index (χ0n) is 9.41.